The summed E-state index contributed by atoms with van der Waals surface area (Å²) in [5.74, 6) is 0.864. The van der Waals surface area contributed by atoms with Gasteiger partial charge in [-0.1, -0.05) is 6.92 Å². The van der Waals surface area contributed by atoms with Gasteiger partial charge in [0.15, 0.2) is 0 Å². The van der Waals surface area contributed by atoms with Crippen LogP contribution >= 0.6 is 0 Å². The minimum atomic E-state index is 0.632. The molecule has 1 saturated heterocycles. The molecule has 0 aliphatic carbocycles. The van der Waals surface area contributed by atoms with Crippen LogP contribution < -0.4 is 5.73 Å². The first-order valence-corrected chi connectivity index (χ1v) is 4.56. The van der Waals surface area contributed by atoms with Crippen LogP contribution in [0.3, 0.4) is 0 Å². The van der Waals surface area contributed by atoms with Gasteiger partial charge >= 0.3 is 0 Å². The molecule has 0 aromatic carbocycles. The van der Waals surface area contributed by atoms with E-state index in [1.165, 1.54) is 19.9 Å². The predicted molar refractivity (Wildman–Crippen MR) is 51.0 cm³/mol. The molecule has 0 amide bonds. The fourth-order valence-electron chi connectivity index (χ4n) is 1.35. The molecule has 1 aliphatic rings. The largest absolute Gasteiger partial charge is 0.333 e. The van der Waals surface area contributed by atoms with Crippen LogP contribution in [0, 0.1) is 5.92 Å². The number of hydrogen-bond donors (Lipinski definition) is 1. The van der Waals surface area contributed by atoms with E-state index in [4.69, 9.17) is 0 Å². The van der Waals surface area contributed by atoms with Crippen LogP contribution in [-0.2, 0) is 4.79 Å². The fourth-order valence-corrected chi connectivity index (χ4v) is 1.35. The quantitative estimate of drug-likeness (QED) is 0.617. The third kappa shape index (κ3) is 4.46. The molecule has 0 atom stereocenters. The van der Waals surface area contributed by atoms with E-state index < -0.39 is 0 Å². The van der Waals surface area contributed by atoms with E-state index in [0.717, 1.165) is 25.3 Å². The lowest BCUT2D eigenvalue weighted by atomic mass is 9.99. The van der Waals surface area contributed by atoms with E-state index in [1.54, 1.807) is 0 Å². The summed E-state index contributed by atoms with van der Waals surface area (Å²) >= 11 is 0. The number of carbonyl (C=O) groups excluding carboxylic acids is 1. The lowest BCUT2D eigenvalue weighted by molar-refractivity contribution is -0.109. The lowest BCUT2D eigenvalue weighted by Gasteiger charge is -2.28. The molecule has 0 aromatic rings. The van der Waals surface area contributed by atoms with Crippen LogP contribution in [0.4, 0.5) is 0 Å². The van der Waals surface area contributed by atoms with Crippen LogP contribution in [0.1, 0.15) is 19.8 Å². The van der Waals surface area contributed by atoms with Crippen molar-refractivity contribution in [1.82, 2.24) is 4.90 Å². The molecule has 0 radical (unpaired) electrons. The Balaban J connectivity index is 0.000000561. The maximum atomic E-state index is 10.1. The van der Waals surface area contributed by atoms with Gasteiger partial charge in [0.05, 0.1) is 6.54 Å². The smallest absolute Gasteiger partial charge is 0.133 e. The molecular weight excluding hydrogens is 152 g/mol. The Hall–Kier alpha value is -0.410. The van der Waals surface area contributed by atoms with Crippen molar-refractivity contribution in [2.75, 3.05) is 26.7 Å². The van der Waals surface area contributed by atoms with Crippen molar-refractivity contribution in [3.63, 3.8) is 0 Å². The van der Waals surface area contributed by atoms with Crippen molar-refractivity contribution in [2.45, 2.75) is 19.8 Å². The maximum Gasteiger partial charge on any atom is 0.133 e. The molecule has 2 N–H and O–H groups in total. The highest BCUT2D eigenvalue weighted by Gasteiger charge is 2.13. The molecule has 1 rings (SSSR count). The van der Waals surface area contributed by atoms with Crippen LogP contribution in [0.5, 0.6) is 0 Å². The average molecular weight is 172 g/mol. The second-order valence-corrected chi connectivity index (χ2v) is 3.15. The summed E-state index contributed by atoms with van der Waals surface area (Å²) in [6.45, 7) is 5.13. The van der Waals surface area contributed by atoms with E-state index in [2.05, 4.69) is 17.6 Å². The maximum absolute atomic E-state index is 10.1. The van der Waals surface area contributed by atoms with Gasteiger partial charge in [-0.05, 0) is 38.9 Å². The summed E-state index contributed by atoms with van der Waals surface area (Å²) in [5.41, 5.74) is 4.50. The molecule has 0 aromatic heterocycles. The zero-order chi connectivity index (χ0) is 9.40. The second-order valence-electron chi connectivity index (χ2n) is 3.15. The Labute approximate surface area is 74.9 Å². The molecule has 0 saturated carbocycles. The zero-order valence-electron chi connectivity index (χ0n) is 8.12. The number of carbonyl (C=O) groups is 1. The van der Waals surface area contributed by atoms with E-state index in [9.17, 15) is 4.79 Å². The van der Waals surface area contributed by atoms with Crippen molar-refractivity contribution in [3.8, 4) is 0 Å². The van der Waals surface area contributed by atoms with Gasteiger partial charge in [-0.15, -0.1) is 0 Å². The average Bonchev–Trinajstić information content (AvgIpc) is 2.13. The third-order valence-electron chi connectivity index (χ3n) is 2.21. The van der Waals surface area contributed by atoms with Gasteiger partial charge in [0.2, 0.25) is 0 Å². The Morgan fingerprint density at radius 3 is 2.33 bits per heavy atom. The first-order valence-electron chi connectivity index (χ1n) is 4.56. The lowest BCUT2D eigenvalue weighted by Crippen LogP contribution is -2.34. The third-order valence-corrected chi connectivity index (χ3v) is 2.21. The molecule has 12 heavy (non-hydrogen) atoms. The van der Waals surface area contributed by atoms with Crippen molar-refractivity contribution < 1.29 is 4.79 Å². The Morgan fingerprint density at radius 2 is 1.92 bits per heavy atom. The van der Waals surface area contributed by atoms with E-state index in [1.807, 2.05) is 0 Å². The fraction of sp³-hybridized carbons (Fsp3) is 0.889. The van der Waals surface area contributed by atoms with Crippen molar-refractivity contribution in [3.05, 3.63) is 0 Å². The van der Waals surface area contributed by atoms with Gasteiger partial charge in [0.1, 0.15) is 6.29 Å². The molecule has 0 unspecified atom stereocenters. The summed E-state index contributed by atoms with van der Waals surface area (Å²) in [6, 6.07) is 0. The number of nitrogens with two attached hydrogens (primary N) is 1. The number of likely N-dealkylation sites (tertiary alicyclic amines) is 1. The molecule has 1 aliphatic heterocycles. The highest BCUT2D eigenvalue weighted by atomic mass is 16.1. The summed E-state index contributed by atoms with van der Waals surface area (Å²) < 4.78 is 0. The molecule has 3 heteroatoms. The van der Waals surface area contributed by atoms with Crippen LogP contribution in [0.15, 0.2) is 0 Å². The second kappa shape index (κ2) is 7.25. The summed E-state index contributed by atoms with van der Waals surface area (Å²) in [4.78, 5) is 12.3. The number of aldehydes is 1. The predicted octanol–water partition coefficient (Wildman–Crippen LogP) is 0.492. The van der Waals surface area contributed by atoms with Gasteiger partial charge in [0, 0.05) is 0 Å². The van der Waals surface area contributed by atoms with Gasteiger partial charge in [-0.2, -0.15) is 0 Å². The first-order chi connectivity index (χ1) is 5.83. The van der Waals surface area contributed by atoms with E-state index >= 15 is 0 Å². The minimum Gasteiger partial charge on any atom is -0.333 e. The first kappa shape index (κ1) is 11.6. The molecular formula is C9H20N2O. The molecule has 72 valence electrons. The van der Waals surface area contributed by atoms with E-state index in [-0.39, 0.29) is 0 Å². The SMILES string of the molecule is CC1CCN(CC=O)CC1.CN. The zero-order valence-corrected chi connectivity index (χ0v) is 8.12. The van der Waals surface area contributed by atoms with Crippen LogP contribution in [0.25, 0.3) is 0 Å². The number of hydrogen-bond acceptors (Lipinski definition) is 3. The Morgan fingerprint density at radius 1 is 1.42 bits per heavy atom. The monoisotopic (exact) mass is 172 g/mol. The van der Waals surface area contributed by atoms with E-state index in [0.29, 0.717) is 6.54 Å². The molecule has 0 bridgehead atoms. The summed E-state index contributed by atoms with van der Waals surface area (Å²) in [5, 5.41) is 0. The Bertz CT molecular complexity index is 109. The van der Waals surface area contributed by atoms with Crippen LogP contribution in [-0.4, -0.2) is 37.9 Å². The standard InChI is InChI=1S/C8H15NO.CH5N/c1-8-2-4-9(5-3-8)6-7-10;1-2/h7-8H,2-6H2,1H3;2H2,1H3. The van der Waals surface area contributed by atoms with Crippen molar-refractivity contribution >= 4 is 6.29 Å². The highest BCUT2D eigenvalue weighted by molar-refractivity contribution is 5.51. The summed E-state index contributed by atoms with van der Waals surface area (Å²) in [6.07, 6.45) is 3.51. The normalized spacial score (nSPS) is 19.6. The number of nitrogens with zero attached hydrogens (tertiary/aromatic N) is 1. The van der Waals surface area contributed by atoms with Gasteiger partial charge < -0.3 is 10.5 Å². The number of piperidine rings is 1. The minimum absolute atomic E-state index is 0.632. The van der Waals surface area contributed by atoms with Crippen molar-refractivity contribution in [2.24, 2.45) is 11.7 Å². The molecule has 1 heterocycles. The van der Waals surface area contributed by atoms with Gasteiger partial charge in [-0.25, -0.2) is 0 Å². The number of rotatable bonds is 2. The van der Waals surface area contributed by atoms with Gasteiger partial charge in [-0.3, -0.25) is 4.90 Å². The molecule has 1 fully saturated rings. The summed E-state index contributed by atoms with van der Waals surface area (Å²) in [7, 11) is 1.50. The van der Waals surface area contributed by atoms with Crippen molar-refractivity contribution in [1.29, 1.82) is 0 Å². The van der Waals surface area contributed by atoms with Crippen LogP contribution in [0.2, 0.25) is 0 Å². The topological polar surface area (TPSA) is 46.3 Å². The molecule has 0 spiro atoms. The Kier molecular flexibility index (Phi) is 7.00. The molecule has 3 nitrogen and oxygen atoms in total. The van der Waals surface area contributed by atoms with Gasteiger partial charge in [0.25, 0.3) is 0 Å². The highest BCUT2D eigenvalue weighted by Crippen LogP contribution is 2.14.